The molecule has 1 N–H and O–H groups in total. The van der Waals surface area contributed by atoms with Gasteiger partial charge in [0.1, 0.15) is 12.0 Å². The first-order valence-electron chi connectivity index (χ1n) is 6.64. The van der Waals surface area contributed by atoms with Gasteiger partial charge in [-0.05, 0) is 49.9 Å². The molecular weight excluding hydrogens is 244 g/mol. The molecule has 19 heavy (non-hydrogen) atoms. The Morgan fingerprint density at radius 3 is 2.16 bits per heavy atom. The topological polar surface area (TPSA) is 63.6 Å². The highest BCUT2D eigenvalue weighted by Gasteiger charge is 2.41. The van der Waals surface area contributed by atoms with Gasteiger partial charge >= 0.3 is 5.97 Å². The predicted octanol–water partition coefficient (Wildman–Crippen LogP) is 3.06. The molecule has 0 aromatic heterocycles. The number of rotatable bonds is 4. The molecule has 4 nitrogen and oxygen atoms in total. The van der Waals surface area contributed by atoms with Crippen LogP contribution in [0.25, 0.3) is 0 Å². The van der Waals surface area contributed by atoms with Gasteiger partial charge in [0.25, 0.3) is 0 Å². The predicted molar refractivity (Wildman–Crippen MR) is 70.5 cm³/mol. The zero-order chi connectivity index (χ0) is 13.7. The number of hydrogen-bond acceptors (Lipinski definition) is 3. The number of ether oxygens (including phenoxy) is 1. The van der Waals surface area contributed by atoms with Crippen LogP contribution in [-0.4, -0.2) is 23.0 Å². The minimum Gasteiger partial charge on any atom is -0.478 e. The van der Waals surface area contributed by atoms with E-state index in [4.69, 9.17) is 4.74 Å². The van der Waals surface area contributed by atoms with E-state index in [1.807, 2.05) is 0 Å². The number of aldehydes is 1. The maximum atomic E-state index is 11.6. The summed E-state index contributed by atoms with van der Waals surface area (Å²) >= 11 is 0. The molecule has 0 aliphatic heterocycles. The van der Waals surface area contributed by atoms with Crippen molar-refractivity contribution in [3.63, 3.8) is 0 Å². The smallest absolute Gasteiger partial charge is 0.348 e. The number of carboxylic acid groups (broad SMARTS) is 1. The van der Waals surface area contributed by atoms with E-state index in [0.717, 1.165) is 32.0 Å². The third-order valence-electron chi connectivity index (χ3n) is 3.63. The molecule has 2 rings (SSSR count). The van der Waals surface area contributed by atoms with Gasteiger partial charge in [0.15, 0.2) is 0 Å². The Morgan fingerprint density at radius 2 is 1.68 bits per heavy atom. The fourth-order valence-corrected chi connectivity index (χ4v) is 2.50. The van der Waals surface area contributed by atoms with Crippen LogP contribution in [0, 0.1) is 0 Å². The van der Waals surface area contributed by atoms with Gasteiger partial charge in [0.2, 0.25) is 5.60 Å². The minimum atomic E-state index is -1.11. The molecule has 0 radical (unpaired) electrons. The molecule has 1 aromatic carbocycles. The molecule has 1 aliphatic rings. The molecule has 0 saturated heterocycles. The van der Waals surface area contributed by atoms with Gasteiger partial charge in [-0.2, -0.15) is 0 Å². The summed E-state index contributed by atoms with van der Waals surface area (Å²) in [6.45, 7) is 0. The van der Waals surface area contributed by atoms with Crippen LogP contribution in [0.4, 0.5) is 0 Å². The van der Waals surface area contributed by atoms with Crippen molar-refractivity contribution < 1.29 is 19.4 Å². The van der Waals surface area contributed by atoms with Crippen molar-refractivity contribution in [3.8, 4) is 5.75 Å². The Balaban J connectivity index is 2.19. The molecule has 0 heterocycles. The lowest BCUT2D eigenvalue weighted by atomic mass is 9.94. The zero-order valence-electron chi connectivity index (χ0n) is 10.8. The zero-order valence-corrected chi connectivity index (χ0v) is 10.8. The van der Waals surface area contributed by atoms with Crippen molar-refractivity contribution in [2.24, 2.45) is 0 Å². The first-order valence-corrected chi connectivity index (χ1v) is 6.64. The van der Waals surface area contributed by atoms with Crippen LogP contribution in [0.1, 0.15) is 48.9 Å². The van der Waals surface area contributed by atoms with E-state index in [1.54, 1.807) is 24.3 Å². The van der Waals surface area contributed by atoms with Crippen LogP contribution < -0.4 is 4.74 Å². The van der Waals surface area contributed by atoms with Crippen LogP contribution in [0.2, 0.25) is 0 Å². The van der Waals surface area contributed by atoms with Crippen LogP contribution in [0.5, 0.6) is 5.75 Å². The summed E-state index contributed by atoms with van der Waals surface area (Å²) in [5.74, 6) is -0.385. The Kier molecular flexibility index (Phi) is 4.20. The average molecular weight is 262 g/mol. The van der Waals surface area contributed by atoms with Crippen LogP contribution >= 0.6 is 0 Å². The van der Waals surface area contributed by atoms with Gasteiger partial charge in [-0.15, -0.1) is 0 Å². The lowest BCUT2D eigenvalue weighted by Crippen LogP contribution is -2.44. The van der Waals surface area contributed by atoms with Crippen LogP contribution in [-0.2, 0) is 4.79 Å². The average Bonchev–Trinajstić information content (AvgIpc) is 2.66. The Morgan fingerprint density at radius 1 is 1.11 bits per heavy atom. The first kappa shape index (κ1) is 13.6. The number of aliphatic carboxylic acids is 1. The van der Waals surface area contributed by atoms with Gasteiger partial charge in [-0.3, -0.25) is 4.79 Å². The lowest BCUT2D eigenvalue weighted by Gasteiger charge is -2.29. The Hall–Kier alpha value is -1.84. The molecule has 1 aliphatic carbocycles. The highest BCUT2D eigenvalue weighted by Crippen LogP contribution is 2.32. The van der Waals surface area contributed by atoms with Gasteiger partial charge in [-0.25, -0.2) is 4.79 Å². The standard InChI is InChI=1S/C15H18O4/c16-11-12-5-7-13(8-6-12)19-15(14(17)18)9-3-1-2-4-10-15/h5-8,11H,1-4,9-10H2,(H,17,18). The number of carbonyl (C=O) groups is 2. The fraction of sp³-hybridized carbons (Fsp3) is 0.467. The van der Waals surface area contributed by atoms with Gasteiger partial charge in [0, 0.05) is 5.56 Å². The third-order valence-corrected chi connectivity index (χ3v) is 3.63. The molecule has 102 valence electrons. The molecule has 0 bridgehead atoms. The monoisotopic (exact) mass is 262 g/mol. The van der Waals surface area contributed by atoms with Gasteiger partial charge in [0.05, 0.1) is 0 Å². The highest BCUT2D eigenvalue weighted by molar-refractivity contribution is 5.78. The van der Waals surface area contributed by atoms with Crippen molar-refractivity contribution in [1.82, 2.24) is 0 Å². The molecule has 1 fully saturated rings. The number of carbonyl (C=O) groups excluding carboxylic acids is 1. The summed E-state index contributed by atoms with van der Waals surface area (Å²) in [4.78, 5) is 22.2. The van der Waals surface area contributed by atoms with E-state index in [9.17, 15) is 14.7 Å². The highest BCUT2D eigenvalue weighted by atomic mass is 16.5. The summed E-state index contributed by atoms with van der Waals surface area (Å²) in [5.41, 5.74) is -0.559. The van der Waals surface area contributed by atoms with E-state index in [2.05, 4.69) is 0 Å². The second kappa shape index (κ2) is 5.87. The lowest BCUT2D eigenvalue weighted by molar-refractivity contribution is -0.156. The molecule has 0 atom stereocenters. The van der Waals surface area contributed by atoms with Crippen molar-refractivity contribution in [2.45, 2.75) is 44.1 Å². The number of hydrogen-bond donors (Lipinski definition) is 1. The molecule has 4 heteroatoms. The molecular formula is C15H18O4. The molecule has 0 spiro atoms. The second-order valence-electron chi connectivity index (χ2n) is 5.00. The maximum absolute atomic E-state index is 11.6. The summed E-state index contributed by atoms with van der Waals surface area (Å²) in [6, 6.07) is 6.57. The van der Waals surface area contributed by atoms with Crippen molar-refractivity contribution in [1.29, 1.82) is 0 Å². The van der Waals surface area contributed by atoms with Gasteiger partial charge < -0.3 is 9.84 Å². The first-order chi connectivity index (χ1) is 9.16. The summed E-state index contributed by atoms with van der Waals surface area (Å²) in [6.07, 6.45) is 5.69. The maximum Gasteiger partial charge on any atom is 0.348 e. The van der Waals surface area contributed by atoms with Crippen molar-refractivity contribution >= 4 is 12.3 Å². The van der Waals surface area contributed by atoms with E-state index < -0.39 is 11.6 Å². The molecule has 0 unspecified atom stereocenters. The van der Waals surface area contributed by atoms with E-state index in [1.165, 1.54) is 0 Å². The number of carboxylic acids is 1. The Bertz CT molecular complexity index is 442. The van der Waals surface area contributed by atoms with E-state index in [0.29, 0.717) is 24.2 Å². The third kappa shape index (κ3) is 3.13. The summed E-state index contributed by atoms with van der Waals surface area (Å²) in [7, 11) is 0. The normalized spacial score (nSPS) is 18.3. The SMILES string of the molecule is O=Cc1ccc(OC2(C(=O)O)CCCCCC2)cc1. The number of benzene rings is 1. The summed E-state index contributed by atoms with van der Waals surface area (Å²) in [5, 5.41) is 9.49. The van der Waals surface area contributed by atoms with Crippen LogP contribution in [0.15, 0.2) is 24.3 Å². The molecule has 1 saturated carbocycles. The second-order valence-corrected chi connectivity index (χ2v) is 5.00. The molecule has 1 aromatic rings. The largest absolute Gasteiger partial charge is 0.478 e. The quantitative estimate of drug-likeness (QED) is 0.669. The van der Waals surface area contributed by atoms with E-state index in [-0.39, 0.29) is 0 Å². The van der Waals surface area contributed by atoms with E-state index >= 15 is 0 Å². The molecule has 0 amide bonds. The minimum absolute atomic E-state index is 0.509. The Labute approximate surface area is 112 Å². The van der Waals surface area contributed by atoms with Gasteiger partial charge in [-0.1, -0.05) is 12.8 Å². The van der Waals surface area contributed by atoms with Crippen LogP contribution in [0.3, 0.4) is 0 Å². The summed E-state index contributed by atoms with van der Waals surface area (Å²) < 4.78 is 5.77. The van der Waals surface area contributed by atoms with Crippen molar-refractivity contribution in [2.75, 3.05) is 0 Å². The fourth-order valence-electron chi connectivity index (χ4n) is 2.50. The van der Waals surface area contributed by atoms with Crippen molar-refractivity contribution in [3.05, 3.63) is 29.8 Å².